The van der Waals surface area contributed by atoms with Crippen molar-refractivity contribution in [3.8, 4) is 11.5 Å². The van der Waals surface area contributed by atoms with Crippen LogP contribution in [0, 0.1) is 5.82 Å². The van der Waals surface area contributed by atoms with Crippen LogP contribution in [0.4, 0.5) is 4.39 Å². The third kappa shape index (κ3) is 3.09. The summed E-state index contributed by atoms with van der Waals surface area (Å²) in [7, 11) is 0. The molecule has 1 aliphatic heterocycles. The Morgan fingerprint density at radius 3 is 2.71 bits per heavy atom. The van der Waals surface area contributed by atoms with E-state index < -0.39 is 0 Å². The van der Waals surface area contributed by atoms with Crippen molar-refractivity contribution in [1.29, 1.82) is 0 Å². The predicted molar refractivity (Wildman–Crippen MR) is 64.0 cm³/mol. The first-order chi connectivity index (χ1) is 7.96. The van der Waals surface area contributed by atoms with Gasteiger partial charge >= 0.3 is 0 Å². The minimum Gasteiger partial charge on any atom is -0.489 e. The molecule has 1 heterocycles. The summed E-state index contributed by atoms with van der Waals surface area (Å²) in [4.78, 5) is 0. The molecule has 0 radical (unpaired) electrons. The van der Waals surface area contributed by atoms with E-state index in [0.29, 0.717) is 25.4 Å². The van der Waals surface area contributed by atoms with E-state index in [9.17, 15) is 4.39 Å². The van der Waals surface area contributed by atoms with Crippen LogP contribution in [-0.4, -0.2) is 18.8 Å². The van der Waals surface area contributed by atoms with E-state index in [4.69, 9.17) is 15.2 Å². The quantitative estimate of drug-likeness (QED) is 0.861. The van der Waals surface area contributed by atoms with Crippen molar-refractivity contribution < 1.29 is 13.9 Å². The molecule has 0 saturated carbocycles. The van der Waals surface area contributed by atoms with Crippen LogP contribution in [-0.2, 0) is 6.42 Å². The van der Waals surface area contributed by atoms with Crippen LogP contribution in [0.2, 0.25) is 0 Å². The van der Waals surface area contributed by atoms with Crippen LogP contribution < -0.4 is 15.2 Å². The molecule has 1 aromatic carbocycles. The number of fused-ring (bicyclic) bond motifs is 1. The van der Waals surface area contributed by atoms with E-state index >= 15 is 0 Å². The fourth-order valence-corrected chi connectivity index (χ4v) is 1.91. The van der Waals surface area contributed by atoms with E-state index in [0.717, 1.165) is 12.0 Å². The molecule has 94 valence electrons. The Morgan fingerprint density at radius 2 is 2.00 bits per heavy atom. The summed E-state index contributed by atoms with van der Waals surface area (Å²) < 4.78 is 24.7. The molecule has 4 heteroatoms. The van der Waals surface area contributed by atoms with Crippen molar-refractivity contribution in [2.45, 2.75) is 32.2 Å². The van der Waals surface area contributed by atoms with Gasteiger partial charge in [-0.05, 0) is 38.0 Å². The van der Waals surface area contributed by atoms with Gasteiger partial charge in [-0.25, -0.2) is 4.39 Å². The lowest BCUT2D eigenvalue weighted by Crippen LogP contribution is -2.34. The Hall–Kier alpha value is -1.29. The molecule has 1 aliphatic rings. The van der Waals surface area contributed by atoms with Gasteiger partial charge in [0.2, 0.25) is 0 Å². The number of rotatable bonds is 2. The molecule has 0 atom stereocenters. The average Bonchev–Trinajstić information content (AvgIpc) is 2.40. The maximum Gasteiger partial charge on any atom is 0.197 e. The molecule has 0 aromatic heterocycles. The van der Waals surface area contributed by atoms with Crippen molar-refractivity contribution in [2.24, 2.45) is 5.73 Å². The average molecular weight is 239 g/mol. The van der Waals surface area contributed by atoms with Crippen molar-refractivity contribution in [1.82, 2.24) is 0 Å². The highest BCUT2D eigenvalue weighted by Gasteiger charge is 2.19. The summed E-state index contributed by atoms with van der Waals surface area (Å²) in [5.41, 5.74) is 6.39. The molecule has 0 aliphatic carbocycles. The standard InChI is InChI=1S/C13H18FNO2/c1-13(2,15)8-9-6-10(14)12-11(7-9)16-4-3-5-17-12/h6-7H,3-5,8,15H2,1-2H3. The Bertz CT molecular complexity index is 413. The summed E-state index contributed by atoms with van der Waals surface area (Å²) in [5.74, 6) is 0.339. The van der Waals surface area contributed by atoms with Gasteiger partial charge in [0.1, 0.15) is 0 Å². The normalized spacial score (nSPS) is 15.5. The van der Waals surface area contributed by atoms with Gasteiger partial charge in [0.25, 0.3) is 0 Å². The number of hydrogen-bond donors (Lipinski definition) is 1. The first-order valence-corrected chi connectivity index (χ1v) is 5.83. The minimum absolute atomic E-state index is 0.223. The van der Waals surface area contributed by atoms with Crippen molar-refractivity contribution in [3.63, 3.8) is 0 Å². The maximum absolute atomic E-state index is 13.8. The van der Waals surface area contributed by atoms with Crippen LogP contribution in [0.5, 0.6) is 11.5 Å². The molecule has 3 nitrogen and oxygen atoms in total. The number of ether oxygens (including phenoxy) is 2. The minimum atomic E-state index is -0.372. The molecule has 0 saturated heterocycles. The van der Waals surface area contributed by atoms with Gasteiger partial charge in [-0.1, -0.05) is 0 Å². The fourth-order valence-electron chi connectivity index (χ4n) is 1.91. The summed E-state index contributed by atoms with van der Waals surface area (Å²) in [6.45, 7) is 4.87. The second kappa shape index (κ2) is 4.53. The predicted octanol–water partition coefficient (Wildman–Crippen LogP) is 2.27. The van der Waals surface area contributed by atoms with E-state index in [-0.39, 0.29) is 17.1 Å². The largest absolute Gasteiger partial charge is 0.489 e. The summed E-state index contributed by atoms with van der Waals surface area (Å²) in [5, 5.41) is 0. The number of benzene rings is 1. The second-order valence-electron chi connectivity index (χ2n) is 5.12. The zero-order valence-corrected chi connectivity index (χ0v) is 10.3. The molecule has 2 N–H and O–H groups in total. The lowest BCUT2D eigenvalue weighted by atomic mass is 9.96. The molecule has 0 fully saturated rings. The highest BCUT2D eigenvalue weighted by molar-refractivity contribution is 5.45. The van der Waals surface area contributed by atoms with Crippen LogP contribution >= 0.6 is 0 Å². The van der Waals surface area contributed by atoms with Gasteiger partial charge < -0.3 is 15.2 Å². The lowest BCUT2D eigenvalue weighted by molar-refractivity contribution is 0.292. The first kappa shape index (κ1) is 12.2. The van der Waals surface area contributed by atoms with Crippen molar-refractivity contribution in [3.05, 3.63) is 23.5 Å². The molecule has 2 rings (SSSR count). The molecule has 0 amide bonds. The highest BCUT2D eigenvalue weighted by Crippen LogP contribution is 2.34. The van der Waals surface area contributed by atoms with Gasteiger partial charge in [-0.15, -0.1) is 0 Å². The van der Waals surface area contributed by atoms with E-state index in [1.165, 1.54) is 6.07 Å². The van der Waals surface area contributed by atoms with Gasteiger partial charge in [-0.3, -0.25) is 0 Å². The van der Waals surface area contributed by atoms with Crippen molar-refractivity contribution >= 4 is 0 Å². The van der Waals surface area contributed by atoms with Gasteiger partial charge in [0.15, 0.2) is 17.3 Å². The molecule has 0 spiro atoms. The number of hydrogen-bond acceptors (Lipinski definition) is 3. The molecular weight excluding hydrogens is 221 g/mol. The van der Waals surface area contributed by atoms with Crippen LogP contribution in [0.15, 0.2) is 12.1 Å². The van der Waals surface area contributed by atoms with Crippen LogP contribution in [0.25, 0.3) is 0 Å². The second-order valence-corrected chi connectivity index (χ2v) is 5.12. The number of halogens is 1. The highest BCUT2D eigenvalue weighted by atomic mass is 19.1. The summed E-state index contributed by atoms with van der Waals surface area (Å²) in [6, 6.07) is 3.29. The third-order valence-corrected chi connectivity index (χ3v) is 2.52. The van der Waals surface area contributed by atoms with E-state index in [2.05, 4.69) is 0 Å². The Kier molecular flexibility index (Phi) is 3.24. The smallest absolute Gasteiger partial charge is 0.197 e. The zero-order chi connectivity index (χ0) is 12.5. The molecule has 0 bridgehead atoms. The molecule has 1 aromatic rings. The zero-order valence-electron chi connectivity index (χ0n) is 10.3. The lowest BCUT2D eigenvalue weighted by Gasteiger charge is -2.19. The Labute approximate surface area is 101 Å². The van der Waals surface area contributed by atoms with Crippen LogP contribution in [0.3, 0.4) is 0 Å². The third-order valence-electron chi connectivity index (χ3n) is 2.52. The van der Waals surface area contributed by atoms with Gasteiger partial charge in [-0.2, -0.15) is 0 Å². The summed E-state index contributed by atoms with van der Waals surface area (Å²) in [6.07, 6.45) is 1.37. The Morgan fingerprint density at radius 1 is 1.29 bits per heavy atom. The van der Waals surface area contributed by atoms with E-state index in [1.807, 2.05) is 19.9 Å². The topological polar surface area (TPSA) is 44.5 Å². The number of nitrogens with two attached hydrogens (primary N) is 1. The Balaban J connectivity index is 2.32. The fraction of sp³-hybridized carbons (Fsp3) is 0.538. The SMILES string of the molecule is CC(C)(N)Cc1cc(F)c2c(c1)OCCCO2. The van der Waals surface area contributed by atoms with Gasteiger partial charge in [0.05, 0.1) is 13.2 Å². The van der Waals surface area contributed by atoms with E-state index in [1.54, 1.807) is 0 Å². The van der Waals surface area contributed by atoms with Crippen LogP contribution in [0.1, 0.15) is 25.8 Å². The molecule has 0 unspecified atom stereocenters. The first-order valence-electron chi connectivity index (χ1n) is 5.83. The molecule has 17 heavy (non-hydrogen) atoms. The monoisotopic (exact) mass is 239 g/mol. The summed E-state index contributed by atoms with van der Waals surface area (Å²) >= 11 is 0. The maximum atomic E-state index is 13.8. The van der Waals surface area contributed by atoms with Crippen molar-refractivity contribution in [2.75, 3.05) is 13.2 Å². The van der Waals surface area contributed by atoms with Gasteiger partial charge in [0, 0.05) is 12.0 Å². The molecular formula is C13H18FNO2.